The minimum absolute atomic E-state index is 0.267. The van der Waals surface area contributed by atoms with E-state index < -0.39 is 0 Å². The Morgan fingerprint density at radius 2 is 2.06 bits per heavy atom. The van der Waals surface area contributed by atoms with Crippen LogP contribution in [0, 0.1) is 0 Å². The lowest BCUT2D eigenvalue weighted by molar-refractivity contribution is 0.586. The van der Waals surface area contributed by atoms with E-state index in [4.69, 9.17) is 5.73 Å². The number of aromatic nitrogens is 6. The van der Waals surface area contributed by atoms with Gasteiger partial charge in [0.25, 0.3) is 0 Å². The summed E-state index contributed by atoms with van der Waals surface area (Å²) in [6.07, 6.45) is 7.28. The van der Waals surface area contributed by atoms with E-state index in [0.717, 1.165) is 6.42 Å². The normalized spacial score (nSPS) is 11.7. The third-order valence-corrected chi connectivity index (χ3v) is 1.97. The number of rotatable bonds is 4. The molecule has 0 bridgehead atoms. The summed E-state index contributed by atoms with van der Waals surface area (Å²) < 4.78 is 0. The maximum absolute atomic E-state index is 5.89. The molecule has 0 amide bonds. The lowest BCUT2D eigenvalue weighted by Gasteiger charge is -2.21. The minimum atomic E-state index is 0.267. The summed E-state index contributed by atoms with van der Waals surface area (Å²) in [5.74, 6) is 0.267. The summed E-state index contributed by atoms with van der Waals surface area (Å²) in [6, 6.07) is 0. The number of hydrogen-bond donors (Lipinski definition) is 1. The Morgan fingerprint density at radius 3 is 2.65 bits per heavy atom. The molecule has 90 valence electrons. The van der Waals surface area contributed by atoms with Crippen molar-refractivity contribution in [1.82, 2.24) is 30.2 Å². The fourth-order valence-electron chi connectivity index (χ4n) is 1.28. The largest absolute Gasteiger partial charge is 0.367 e. The summed E-state index contributed by atoms with van der Waals surface area (Å²) in [5.41, 5.74) is 5.89. The SMILES string of the molecule is CCCN(C(N)=Nn1ccnn1)n1ccnn1. The van der Waals surface area contributed by atoms with Crippen LogP contribution in [0.2, 0.25) is 0 Å². The summed E-state index contributed by atoms with van der Waals surface area (Å²) in [7, 11) is 0. The third kappa shape index (κ3) is 2.56. The predicted octanol–water partition coefficient (Wildman–Crippen LogP) is -1.00. The van der Waals surface area contributed by atoms with Gasteiger partial charge >= 0.3 is 0 Å². The van der Waals surface area contributed by atoms with Crippen molar-refractivity contribution in [2.24, 2.45) is 10.8 Å². The highest BCUT2D eigenvalue weighted by Crippen LogP contribution is 1.92. The summed E-state index contributed by atoms with van der Waals surface area (Å²) in [6.45, 7) is 2.71. The van der Waals surface area contributed by atoms with Gasteiger partial charge in [-0.05, 0) is 16.8 Å². The molecule has 0 spiro atoms. The second kappa shape index (κ2) is 5.05. The quantitative estimate of drug-likeness (QED) is 0.538. The Kier molecular flexibility index (Phi) is 3.28. The first-order valence-corrected chi connectivity index (χ1v) is 5.16. The van der Waals surface area contributed by atoms with Gasteiger partial charge in [-0.2, -0.15) is 4.79 Å². The molecular formula is C8H13N9. The average molecular weight is 235 g/mol. The highest BCUT2D eigenvalue weighted by molar-refractivity contribution is 5.87. The van der Waals surface area contributed by atoms with Gasteiger partial charge in [-0.25, -0.2) is 5.01 Å². The van der Waals surface area contributed by atoms with Gasteiger partial charge in [-0.3, -0.25) is 0 Å². The highest BCUT2D eigenvalue weighted by Gasteiger charge is 2.10. The van der Waals surface area contributed by atoms with Crippen LogP contribution in [0.3, 0.4) is 0 Å². The molecule has 0 saturated heterocycles. The molecule has 0 aliphatic rings. The fourth-order valence-corrected chi connectivity index (χ4v) is 1.28. The standard InChI is InChI=1S/C8H13N9/c1-2-5-15(17-7-4-11-14-17)8(9)12-16-6-3-10-13-16/h3-4,6-7H,2,5H2,1H3,(H2,9,12). The van der Waals surface area contributed by atoms with Crippen LogP contribution in [-0.4, -0.2) is 42.7 Å². The Balaban J connectivity index is 2.22. The van der Waals surface area contributed by atoms with E-state index in [1.54, 1.807) is 23.6 Å². The van der Waals surface area contributed by atoms with E-state index >= 15 is 0 Å². The number of nitrogens with zero attached hydrogens (tertiary/aromatic N) is 8. The first-order chi connectivity index (χ1) is 8.31. The topological polar surface area (TPSA) is 103 Å². The van der Waals surface area contributed by atoms with Gasteiger partial charge < -0.3 is 5.73 Å². The van der Waals surface area contributed by atoms with Crippen LogP contribution in [0.4, 0.5) is 0 Å². The molecule has 0 unspecified atom stereocenters. The Bertz CT molecular complexity index is 457. The molecule has 2 aromatic rings. The van der Waals surface area contributed by atoms with Crippen molar-refractivity contribution in [3.63, 3.8) is 0 Å². The van der Waals surface area contributed by atoms with Crippen LogP contribution < -0.4 is 10.7 Å². The number of nitrogens with two attached hydrogens (primary N) is 1. The monoisotopic (exact) mass is 235 g/mol. The second-order valence-corrected chi connectivity index (χ2v) is 3.23. The van der Waals surface area contributed by atoms with Gasteiger partial charge in [0.2, 0.25) is 5.96 Å². The predicted molar refractivity (Wildman–Crippen MR) is 60.4 cm³/mol. The molecule has 2 rings (SSSR count). The molecule has 2 aromatic heterocycles. The lowest BCUT2D eigenvalue weighted by atomic mass is 10.5. The van der Waals surface area contributed by atoms with Crippen molar-refractivity contribution in [1.29, 1.82) is 0 Å². The Hall–Kier alpha value is -2.45. The number of hydrogen-bond acceptors (Lipinski definition) is 5. The van der Waals surface area contributed by atoms with Gasteiger partial charge in [0, 0.05) is 6.54 Å². The summed E-state index contributed by atoms with van der Waals surface area (Å²) in [4.78, 5) is 2.81. The molecule has 2 N–H and O–H groups in total. The molecule has 0 radical (unpaired) electrons. The Morgan fingerprint density at radius 1 is 1.29 bits per heavy atom. The van der Waals surface area contributed by atoms with E-state index in [1.165, 1.54) is 15.8 Å². The van der Waals surface area contributed by atoms with Crippen molar-refractivity contribution in [3.8, 4) is 0 Å². The third-order valence-electron chi connectivity index (χ3n) is 1.97. The van der Waals surface area contributed by atoms with Gasteiger partial charge in [-0.15, -0.1) is 20.1 Å². The Labute approximate surface area is 97.5 Å². The molecule has 0 atom stereocenters. The molecular weight excluding hydrogens is 222 g/mol. The van der Waals surface area contributed by atoms with E-state index in [2.05, 4.69) is 25.7 Å². The van der Waals surface area contributed by atoms with Crippen LogP contribution in [0.25, 0.3) is 0 Å². The van der Waals surface area contributed by atoms with Crippen molar-refractivity contribution in [3.05, 3.63) is 24.8 Å². The van der Waals surface area contributed by atoms with Gasteiger partial charge in [0.05, 0.1) is 24.8 Å². The molecule has 0 saturated carbocycles. The minimum Gasteiger partial charge on any atom is -0.367 e. The van der Waals surface area contributed by atoms with E-state index in [0.29, 0.717) is 6.54 Å². The van der Waals surface area contributed by atoms with Crippen LogP contribution in [0.5, 0.6) is 0 Å². The van der Waals surface area contributed by atoms with Crippen molar-refractivity contribution >= 4 is 5.96 Å². The summed E-state index contributed by atoms with van der Waals surface area (Å²) >= 11 is 0. The number of guanidine groups is 1. The molecule has 0 fully saturated rings. The molecule has 17 heavy (non-hydrogen) atoms. The van der Waals surface area contributed by atoms with Gasteiger partial charge in [-0.1, -0.05) is 6.92 Å². The van der Waals surface area contributed by atoms with Gasteiger partial charge in [0.1, 0.15) is 0 Å². The molecule has 0 aromatic carbocycles. The zero-order chi connectivity index (χ0) is 12.1. The maximum atomic E-state index is 5.89. The molecule has 9 nitrogen and oxygen atoms in total. The smallest absolute Gasteiger partial charge is 0.237 e. The molecule has 0 aliphatic carbocycles. The fraction of sp³-hybridized carbons (Fsp3) is 0.375. The highest BCUT2D eigenvalue weighted by atomic mass is 15.7. The first-order valence-electron chi connectivity index (χ1n) is 5.16. The van der Waals surface area contributed by atoms with Crippen LogP contribution >= 0.6 is 0 Å². The molecule has 0 aliphatic heterocycles. The molecule has 9 heteroatoms. The second-order valence-electron chi connectivity index (χ2n) is 3.23. The van der Waals surface area contributed by atoms with E-state index in [1.807, 2.05) is 6.92 Å². The zero-order valence-electron chi connectivity index (χ0n) is 9.38. The van der Waals surface area contributed by atoms with Crippen molar-refractivity contribution < 1.29 is 0 Å². The average Bonchev–Trinajstić information content (AvgIpc) is 2.97. The van der Waals surface area contributed by atoms with Crippen molar-refractivity contribution in [2.75, 3.05) is 11.6 Å². The van der Waals surface area contributed by atoms with Crippen LogP contribution in [0.1, 0.15) is 13.3 Å². The lowest BCUT2D eigenvalue weighted by Crippen LogP contribution is -2.46. The molecule has 2 heterocycles. The zero-order valence-corrected chi connectivity index (χ0v) is 9.38. The first kappa shape index (κ1) is 11.0. The van der Waals surface area contributed by atoms with Crippen LogP contribution in [-0.2, 0) is 0 Å². The van der Waals surface area contributed by atoms with E-state index in [9.17, 15) is 0 Å². The summed E-state index contributed by atoms with van der Waals surface area (Å²) in [5, 5.41) is 20.7. The van der Waals surface area contributed by atoms with Crippen LogP contribution in [0.15, 0.2) is 29.9 Å². The van der Waals surface area contributed by atoms with Crippen molar-refractivity contribution in [2.45, 2.75) is 13.3 Å². The van der Waals surface area contributed by atoms with Gasteiger partial charge in [0.15, 0.2) is 0 Å². The van der Waals surface area contributed by atoms with E-state index in [-0.39, 0.29) is 5.96 Å². The maximum Gasteiger partial charge on any atom is 0.237 e.